The Morgan fingerprint density at radius 3 is 2.29 bits per heavy atom. The summed E-state index contributed by atoms with van der Waals surface area (Å²) in [5.41, 5.74) is 0.857. The van der Waals surface area contributed by atoms with E-state index in [1.165, 1.54) is 17.0 Å². The monoisotopic (exact) mass is 413 g/mol. The smallest absolute Gasteiger partial charge is 0.343 e. The first-order chi connectivity index (χ1) is 15.1. The summed E-state index contributed by atoms with van der Waals surface area (Å²) in [7, 11) is 0. The highest BCUT2D eigenvalue weighted by atomic mass is 16.5. The van der Waals surface area contributed by atoms with Gasteiger partial charge in [0.2, 0.25) is 11.8 Å². The van der Waals surface area contributed by atoms with Crippen molar-refractivity contribution in [2.24, 2.45) is 35.5 Å². The van der Waals surface area contributed by atoms with Crippen LogP contribution in [-0.4, -0.2) is 24.1 Å². The Morgan fingerprint density at radius 2 is 1.61 bits per heavy atom. The van der Waals surface area contributed by atoms with Crippen molar-refractivity contribution in [3.8, 4) is 5.75 Å². The first kappa shape index (κ1) is 18.2. The molecule has 1 aliphatic heterocycles. The Kier molecular flexibility index (Phi) is 3.81. The van der Waals surface area contributed by atoms with Crippen molar-refractivity contribution >= 4 is 29.8 Å². The highest BCUT2D eigenvalue weighted by Crippen LogP contribution is 2.65. The number of nitrogens with zero attached hydrogens (tertiary/aromatic N) is 1. The number of benzene rings is 2. The van der Waals surface area contributed by atoms with Gasteiger partial charge >= 0.3 is 5.97 Å². The summed E-state index contributed by atoms with van der Waals surface area (Å²) in [4.78, 5) is 51.7. The minimum Gasteiger partial charge on any atom is -0.422 e. The SMILES string of the molecule is O=Cc1ccccc1OC(=O)c1cccc(N2C(=O)[C@@H]3[C@H]4C=C[C@@H]([C@@H]5C[C@H]45)[C@@H]3C2=O)c1. The summed E-state index contributed by atoms with van der Waals surface area (Å²) in [6.45, 7) is 0. The molecular formula is C25H19NO5. The van der Waals surface area contributed by atoms with Crippen LogP contribution in [-0.2, 0) is 9.59 Å². The Hall–Kier alpha value is -3.54. The van der Waals surface area contributed by atoms with Crippen molar-refractivity contribution in [3.05, 3.63) is 71.8 Å². The van der Waals surface area contributed by atoms with Crippen LogP contribution in [0.15, 0.2) is 60.7 Å². The standard InChI is InChI=1S/C25H19NO5/c27-12-14-4-1-2-7-20(14)31-25(30)13-5-3-6-15(10-13)26-23(28)21-16-8-9-17(19-11-18(16)19)22(21)24(26)29/h1-10,12,16-19,21-22H,11H2/t16-,17-,18-,19+,21-,22+/m0/s1. The maximum atomic E-state index is 13.3. The lowest BCUT2D eigenvalue weighted by Crippen LogP contribution is -2.40. The number of imide groups is 1. The van der Waals surface area contributed by atoms with Crippen LogP contribution in [0.1, 0.15) is 27.1 Å². The van der Waals surface area contributed by atoms with E-state index >= 15 is 0 Å². The van der Waals surface area contributed by atoms with Gasteiger partial charge in [-0.25, -0.2) is 9.69 Å². The third-order valence-corrected chi connectivity index (χ3v) is 7.25. The molecule has 1 saturated heterocycles. The number of rotatable bonds is 4. The molecule has 0 spiro atoms. The zero-order chi connectivity index (χ0) is 21.3. The third kappa shape index (κ3) is 2.57. The summed E-state index contributed by atoms with van der Waals surface area (Å²) >= 11 is 0. The minimum atomic E-state index is -0.657. The average Bonchev–Trinajstić information content (AvgIpc) is 3.57. The predicted octanol–water partition coefficient (Wildman–Crippen LogP) is 3.28. The van der Waals surface area contributed by atoms with E-state index in [1.807, 2.05) is 0 Å². The van der Waals surface area contributed by atoms with Gasteiger partial charge in [0.25, 0.3) is 0 Å². The quantitative estimate of drug-likeness (QED) is 0.253. The fraction of sp³-hybridized carbons (Fsp3) is 0.280. The van der Waals surface area contributed by atoms with Gasteiger partial charge in [0, 0.05) is 0 Å². The molecule has 6 atom stereocenters. The molecule has 0 unspecified atom stereocenters. The first-order valence-electron chi connectivity index (χ1n) is 10.5. The normalized spacial score (nSPS) is 31.9. The summed E-state index contributed by atoms with van der Waals surface area (Å²) in [5, 5.41) is 0. The molecule has 1 heterocycles. The molecule has 0 N–H and O–H groups in total. The van der Waals surface area contributed by atoms with E-state index in [0.29, 0.717) is 23.8 Å². The fourth-order valence-electron chi connectivity index (χ4n) is 5.81. The number of ether oxygens (including phenoxy) is 1. The van der Waals surface area contributed by atoms with Crippen molar-refractivity contribution in [1.82, 2.24) is 0 Å². The number of allylic oxidation sites excluding steroid dienone is 2. The third-order valence-electron chi connectivity index (χ3n) is 7.25. The van der Waals surface area contributed by atoms with E-state index < -0.39 is 5.97 Å². The number of hydrogen-bond donors (Lipinski definition) is 0. The van der Waals surface area contributed by atoms with Gasteiger partial charge in [-0.2, -0.15) is 0 Å². The van der Waals surface area contributed by atoms with E-state index in [0.717, 1.165) is 6.42 Å². The highest BCUT2D eigenvalue weighted by Gasteiger charge is 2.67. The minimum absolute atomic E-state index is 0.148. The Bertz CT molecular complexity index is 1150. The number of carbonyl (C=O) groups is 4. The molecule has 2 saturated carbocycles. The molecule has 5 aliphatic rings. The van der Waals surface area contributed by atoms with Crippen LogP contribution in [0, 0.1) is 35.5 Å². The number of esters is 1. The van der Waals surface area contributed by atoms with Gasteiger partial charge in [0.05, 0.1) is 28.7 Å². The van der Waals surface area contributed by atoms with Crippen molar-refractivity contribution in [2.45, 2.75) is 6.42 Å². The van der Waals surface area contributed by atoms with Crippen molar-refractivity contribution in [1.29, 1.82) is 0 Å². The number of para-hydroxylation sites is 1. The summed E-state index contributed by atoms with van der Waals surface area (Å²) in [6, 6.07) is 12.8. The maximum Gasteiger partial charge on any atom is 0.343 e. The van der Waals surface area contributed by atoms with E-state index in [9.17, 15) is 19.2 Å². The van der Waals surface area contributed by atoms with E-state index in [-0.39, 0.29) is 52.4 Å². The lowest BCUT2D eigenvalue weighted by molar-refractivity contribution is -0.124. The number of amides is 2. The van der Waals surface area contributed by atoms with Crippen LogP contribution in [0.4, 0.5) is 5.69 Å². The second-order valence-electron chi connectivity index (χ2n) is 8.76. The number of aldehydes is 1. The van der Waals surface area contributed by atoms with E-state index in [4.69, 9.17) is 4.74 Å². The Labute approximate surface area is 178 Å². The largest absolute Gasteiger partial charge is 0.422 e. The lowest BCUT2D eigenvalue weighted by atomic mass is 9.63. The van der Waals surface area contributed by atoms with Crippen LogP contribution >= 0.6 is 0 Å². The topological polar surface area (TPSA) is 80.8 Å². The Morgan fingerprint density at radius 1 is 0.935 bits per heavy atom. The number of anilines is 1. The first-order valence-corrected chi connectivity index (χ1v) is 10.5. The van der Waals surface area contributed by atoms with Gasteiger partial charge in [-0.15, -0.1) is 0 Å². The van der Waals surface area contributed by atoms with Crippen LogP contribution in [0.25, 0.3) is 0 Å². The average molecular weight is 413 g/mol. The van der Waals surface area contributed by atoms with Gasteiger partial charge in [0.15, 0.2) is 6.29 Å². The predicted molar refractivity (Wildman–Crippen MR) is 110 cm³/mol. The molecule has 31 heavy (non-hydrogen) atoms. The zero-order valence-electron chi connectivity index (χ0n) is 16.5. The molecule has 3 fully saturated rings. The van der Waals surface area contributed by atoms with Crippen LogP contribution < -0.4 is 9.64 Å². The maximum absolute atomic E-state index is 13.3. The van der Waals surface area contributed by atoms with Gasteiger partial charge in [-0.1, -0.05) is 30.4 Å². The molecule has 2 amide bonds. The molecule has 2 bridgehead atoms. The van der Waals surface area contributed by atoms with Crippen LogP contribution in [0.3, 0.4) is 0 Å². The summed E-state index contributed by atoms with van der Waals surface area (Å²) in [6.07, 6.45) is 5.99. The van der Waals surface area contributed by atoms with E-state index in [2.05, 4.69) is 12.2 Å². The van der Waals surface area contributed by atoms with Crippen molar-refractivity contribution in [3.63, 3.8) is 0 Å². The molecule has 0 aromatic heterocycles. The van der Waals surface area contributed by atoms with E-state index in [1.54, 1.807) is 36.4 Å². The summed E-state index contributed by atoms with van der Waals surface area (Å²) < 4.78 is 5.38. The molecule has 7 rings (SSSR count). The number of carbonyl (C=O) groups excluding carboxylic acids is 4. The second kappa shape index (κ2) is 6.48. The van der Waals surface area contributed by atoms with Gasteiger partial charge in [-0.3, -0.25) is 14.4 Å². The van der Waals surface area contributed by atoms with Crippen molar-refractivity contribution in [2.75, 3.05) is 4.90 Å². The summed E-state index contributed by atoms with van der Waals surface area (Å²) in [5.74, 6) is -0.0522. The molecule has 2 aromatic rings. The molecule has 4 aliphatic carbocycles. The van der Waals surface area contributed by atoms with Gasteiger partial charge in [-0.05, 0) is 60.4 Å². The second-order valence-corrected chi connectivity index (χ2v) is 8.76. The number of hydrogen-bond acceptors (Lipinski definition) is 5. The van der Waals surface area contributed by atoms with Gasteiger partial charge < -0.3 is 4.74 Å². The molecule has 154 valence electrons. The highest BCUT2D eigenvalue weighted by molar-refractivity contribution is 6.23. The van der Waals surface area contributed by atoms with Crippen LogP contribution in [0.5, 0.6) is 5.75 Å². The molecular weight excluding hydrogens is 394 g/mol. The van der Waals surface area contributed by atoms with Gasteiger partial charge in [0.1, 0.15) is 5.75 Å². The Balaban J connectivity index is 1.29. The molecule has 2 aromatic carbocycles. The van der Waals surface area contributed by atoms with Crippen LogP contribution in [0.2, 0.25) is 0 Å². The zero-order valence-corrected chi connectivity index (χ0v) is 16.5. The lowest BCUT2D eigenvalue weighted by Gasteiger charge is -2.37. The molecule has 6 heteroatoms. The fourth-order valence-corrected chi connectivity index (χ4v) is 5.81. The molecule has 0 radical (unpaired) electrons. The molecule has 6 nitrogen and oxygen atoms in total. The van der Waals surface area contributed by atoms with Crippen molar-refractivity contribution < 1.29 is 23.9 Å².